The van der Waals surface area contributed by atoms with Gasteiger partial charge in [-0.05, 0) is 56.0 Å². The van der Waals surface area contributed by atoms with Crippen LogP contribution in [0.2, 0.25) is 0 Å². The summed E-state index contributed by atoms with van der Waals surface area (Å²) in [5, 5.41) is 9.21. The zero-order valence-electron chi connectivity index (χ0n) is 14.6. The first kappa shape index (κ1) is 17.7. The van der Waals surface area contributed by atoms with Gasteiger partial charge in [0.25, 0.3) is 0 Å². The number of nitrogens with zero attached hydrogens (tertiary/aromatic N) is 2. The van der Waals surface area contributed by atoms with Crippen molar-refractivity contribution in [2.24, 2.45) is 17.6 Å². The van der Waals surface area contributed by atoms with Crippen LogP contribution in [0.15, 0.2) is 18.2 Å². The van der Waals surface area contributed by atoms with Gasteiger partial charge in [-0.2, -0.15) is 5.26 Å². The maximum atomic E-state index is 11.6. The largest absolute Gasteiger partial charge is 0.495 e. The summed E-state index contributed by atoms with van der Waals surface area (Å²) in [6.45, 7) is 3.38. The molecule has 2 fully saturated rings. The van der Waals surface area contributed by atoms with Gasteiger partial charge in [-0.25, -0.2) is 0 Å². The second-order valence-electron chi connectivity index (χ2n) is 6.89. The van der Waals surface area contributed by atoms with Crippen LogP contribution in [-0.4, -0.2) is 43.7 Å². The number of piperidine rings is 1. The molecule has 6 heteroatoms. The van der Waals surface area contributed by atoms with Gasteiger partial charge in [0, 0.05) is 13.2 Å². The number of primary amides is 1. The molecule has 6 nitrogen and oxygen atoms in total. The Bertz CT molecular complexity index is 662. The van der Waals surface area contributed by atoms with Crippen LogP contribution in [0.5, 0.6) is 5.75 Å². The zero-order valence-corrected chi connectivity index (χ0v) is 14.6. The molecule has 0 radical (unpaired) electrons. The molecule has 2 N–H and O–H groups in total. The molecule has 0 aliphatic carbocycles. The average molecular weight is 343 g/mol. The lowest BCUT2D eigenvalue weighted by Gasteiger charge is -2.35. The summed E-state index contributed by atoms with van der Waals surface area (Å²) in [7, 11) is 1.57. The maximum absolute atomic E-state index is 11.6. The minimum Gasteiger partial charge on any atom is -0.495 e. The molecule has 134 valence electrons. The van der Waals surface area contributed by atoms with E-state index in [1.165, 1.54) is 0 Å². The minimum atomic E-state index is -0.229. The van der Waals surface area contributed by atoms with Crippen molar-refractivity contribution in [1.82, 2.24) is 4.90 Å². The summed E-state index contributed by atoms with van der Waals surface area (Å²) in [5.74, 6) is 0.658. The third-order valence-electron chi connectivity index (χ3n) is 5.39. The fraction of sp³-hybridized carbons (Fsp3) is 0.579. The van der Waals surface area contributed by atoms with Crippen molar-refractivity contribution >= 4 is 5.91 Å². The summed E-state index contributed by atoms with van der Waals surface area (Å²) in [4.78, 5) is 14.0. The van der Waals surface area contributed by atoms with Gasteiger partial charge in [-0.15, -0.1) is 0 Å². The summed E-state index contributed by atoms with van der Waals surface area (Å²) >= 11 is 0. The van der Waals surface area contributed by atoms with Crippen molar-refractivity contribution in [2.75, 3.05) is 26.8 Å². The first-order chi connectivity index (χ1) is 12.1. The fourth-order valence-corrected chi connectivity index (χ4v) is 4.02. The maximum Gasteiger partial charge on any atom is 0.223 e. The Kier molecular flexibility index (Phi) is 5.57. The number of hydrogen-bond acceptors (Lipinski definition) is 5. The highest BCUT2D eigenvalue weighted by Gasteiger charge is 2.39. The number of nitrogens with two attached hydrogens (primary N) is 1. The Labute approximate surface area is 148 Å². The normalized spacial score (nSPS) is 24.8. The Hall–Kier alpha value is -2.10. The number of ether oxygens (including phenoxy) is 2. The zero-order chi connectivity index (χ0) is 17.8. The molecule has 0 bridgehead atoms. The van der Waals surface area contributed by atoms with Gasteiger partial charge in [-0.1, -0.05) is 6.07 Å². The number of likely N-dealkylation sites (tertiary alicyclic amines) is 1. The summed E-state index contributed by atoms with van der Waals surface area (Å²) in [6.07, 6.45) is 2.76. The number of hydrogen-bond donors (Lipinski definition) is 1. The van der Waals surface area contributed by atoms with Gasteiger partial charge in [0.2, 0.25) is 5.91 Å². The van der Waals surface area contributed by atoms with Crippen molar-refractivity contribution in [2.45, 2.75) is 31.9 Å². The predicted octanol–water partition coefficient (Wildman–Crippen LogP) is 1.67. The van der Waals surface area contributed by atoms with E-state index < -0.39 is 0 Å². The molecule has 3 rings (SSSR count). The molecule has 1 aromatic rings. The van der Waals surface area contributed by atoms with Crippen LogP contribution in [0.1, 0.15) is 30.4 Å². The lowest BCUT2D eigenvalue weighted by Crippen LogP contribution is -2.41. The van der Waals surface area contributed by atoms with E-state index in [0.717, 1.165) is 44.5 Å². The van der Waals surface area contributed by atoms with Gasteiger partial charge in [-0.3, -0.25) is 9.69 Å². The Morgan fingerprint density at radius 3 is 2.80 bits per heavy atom. The number of amides is 1. The van der Waals surface area contributed by atoms with Crippen molar-refractivity contribution in [3.63, 3.8) is 0 Å². The highest BCUT2D eigenvalue weighted by Crippen LogP contribution is 2.33. The van der Waals surface area contributed by atoms with Gasteiger partial charge < -0.3 is 15.2 Å². The SMILES string of the molecule is COc1ccc(CN2CCC([C@H]3OCC[C@@H]3C(N)=O)CC2)cc1C#N. The van der Waals surface area contributed by atoms with E-state index in [9.17, 15) is 10.1 Å². The van der Waals surface area contributed by atoms with Crippen LogP contribution in [0.4, 0.5) is 0 Å². The third-order valence-corrected chi connectivity index (χ3v) is 5.39. The molecule has 0 saturated carbocycles. The van der Waals surface area contributed by atoms with E-state index in [1.807, 2.05) is 18.2 Å². The molecule has 0 spiro atoms. The lowest BCUT2D eigenvalue weighted by atomic mass is 9.84. The Morgan fingerprint density at radius 1 is 1.40 bits per heavy atom. The number of rotatable bonds is 5. The average Bonchev–Trinajstić information content (AvgIpc) is 3.12. The molecule has 1 aromatic carbocycles. The van der Waals surface area contributed by atoms with Crippen molar-refractivity contribution in [1.29, 1.82) is 5.26 Å². The summed E-state index contributed by atoms with van der Waals surface area (Å²) < 4.78 is 11.0. The van der Waals surface area contributed by atoms with E-state index in [1.54, 1.807) is 7.11 Å². The second kappa shape index (κ2) is 7.85. The molecular formula is C19H25N3O3. The Morgan fingerprint density at radius 2 is 2.16 bits per heavy atom. The van der Waals surface area contributed by atoms with Crippen molar-refractivity contribution in [3.8, 4) is 11.8 Å². The molecule has 2 atom stereocenters. The summed E-state index contributed by atoms with van der Waals surface area (Å²) in [6, 6.07) is 7.94. The van der Waals surface area contributed by atoms with Crippen molar-refractivity contribution in [3.05, 3.63) is 29.3 Å². The van der Waals surface area contributed by atoms with Crippen LogP contribution in [0.25, 0.3) is 0 Å². The van der Waals surface area contributed by atoms with E-state index in [2.05, 4.69) is 11.0 Å². The molecule has 0 aromatic heterocycles. The number of nitriles is 1. The van der Waals surface area contributed by atoms with Crippen LogP contribution < -0.4 is 10.5 Å². The molecule has 1 amide bonds. The van der Waals surface area contributed by atoms with Gasteiger partial charge >= 0.3 is 0 Å². The first-order valence-corrected chi connectivity index (χ1v) is 8.82. The van der Waals surface area contributed by atoms with Crippen LogP contribution in [-0.2, 0) is 16.1 Å². The molecule has 2 heterocycles. The Balaban J connectivity index is 1.56. The highest BCUT2D eigenvalue weighted by atomic mass is 16.5. The topological polar surface area (TPSA) is 88.6 Å². The molecular weight excluding hydrogens is 318 g/mol. The standard InChI is InChI=1S/C19H25N3O3/c1-24-17-3-2-13(10-15(17)11-20)12-22-7-4-14(5-8-22)18-16(19(21)23)6-9-25-18/h2-3,10,14,16,18H,4-9,12H2,1H3,(H2,21,23)/t16-,18+/m0/s1. The molecule has 25 heavy (non-hydrogen) atoms. The van der Waals surface area contributed by atoms with E-state index in [4.69, 9.17) is 15.2 Å². The lowest BCUT2D eigenvalue weighted by molar-refractivity contribution is -0.124. The number of methoxy groups -OCH3 is 1. The van der Waals surface area contributed by atoms with Gasteiger partial charge in [0.05, 0.1) is 24.7 Å². The highest BCUT2D eigenvalue weighted by molar-refractivity contribution is 5.77. The number of carbonyl (C=O) groups is 1. The quantitative estimate of drug-likeness (QED) is 0.878. The fourth-order valence-electron chi connectivity index (χ4n) is 4.02. The van der Waals surface area contributed by atoms with E-state index >= 15 is 0 Å². The molecule has 0 unspecified atom stereocenters. The number of carbonyl (C=O) groups excluding carboxylic acids is 1. The van der Waals surface area contributed by atoms with E-state index in [-0.39, 0.29) is 17.9 Å². The second-order valence-corrected chi connectivity index (χ2v) is 6.89. The van der Waals surface area contributed by atoms with Crippen LogP contribution in [0, 0.1) is 23.2 Å². The predicted molar refractivity (Wildman–Crippen MR) is 92.8 cm³/mol. The van der Waals surface area contributed by atoms with Gasteiger partial charge in [0.1, 0.15) is 11.8 Å². The van der Waals surface area contributed by atoms with Crippen LogP contribution in [0.3, 0.4) is 0 Å². The molecule has 2 aliphatic rings. The van der Waals surface area contributed by atoms with Crippen LogP contribution >= 0.6 is 0 Å². The van der Waals surface area contributed by atoms with Gasteiger partial charge in [0.15, 0.2) is 0 Å². The van der Waals surface area contributed by atoms with E-state index in [0.29, 0.717) is 23.8 Å². The minimum absolute atomic E-state index is 0.00849. The third kappa shape index (κ3) is 3.94. The summed E-state index contributed by atoms with van der Waals surface area (Å²) in [5.41, 5.74) is 7.19. The first-order valence-electron chi connectivity index (χ1n) is 8.82. The number of benzene rings is 1. The smallest absolute Gasteiger partial charge is 0.223 e. The van der Waals surface area contributed by atoms with Crippen molar-refractivity contribution < 1.29 is 14.3 Å². The molecule has 2 saturated heterocycles. The monoisotopic (exact) mass is 343 g/mol. The molecule has 2 aliphatic heterocycles.